The molecule has 2 saturated heterocycles. The highest BCUT2D eigenvalue weighted by atomic mass is 19.1. The van der Waals surface area contributed by atoms with Crippen molar-refractivity contribution in [3.05, 3.63) is 35.6 Å². The standard InChI is InChI=1S/C20H30FN3O3/c1-23-11-8-19(26,9-12-23)14-22-15-20(27)7-2-10-24(18(20)25)13-16-3-5-17(21)6-4-16/h3-6,22,26-27H,2,7-15H2,1H3/t20-/m1/s1. The Bertz CT molecular complexity index is 646. The quantitative estimate of drug-likeness (QED) is 0.679. The van der Waals surface area contributed by atoms with Crippen molar-refractivity contribution in [2.24, 2.45) is 0 Å². The third-order valence-corrected chi connectivity index (χ3v) is 5.78. The Hall–Kier alpha value is -1.54. The zero-order chi connectivity index (χ0) is 19.5. The fourth-order valence-electron chi connectivity index (χ4n) is 3.90. The van der Waals surface area contributed by atoms with Gasteiger partial charge in [0.25, 0.3) is 5.91 Å². The second-order valence-corrected chi connectivity index (χ2v) is 8.12. The molecule has 2 aliphatic rings. The zero-order valence-corrected chi connectivity index (χ0v) is 16.0. The van der Waals surface area contributed by atoms with Crippen LogP contribution >= 0.6 is 0 Å². The second kappa shape index (κ2) is 8.22. The Balaban J connectivity index is 1.54. The van der Waals surface area contributed by atoms with Crippen LogP contribution in [-0.4, -0.2) is 76.9 Å². The van der Waals surface area contributed by atoms with Crippen LogP contribution in [0.15, 0.2) is 24.3 Å². The molecule has 1 aromatic carbocycles. The summed E-state index contributed by atoms with van der Waals surface area (Å²) in [6.45, 7) is 3.12. The van der Waals surface area contributed by atoms with Crippen molar-refractivity contribution in [1.82, 2.24) is 15.1 Å². The van der Waals surface area contributed by atoms with Crippen LogP contribution in [0.25, 0.3) is 0 Å². The molecule has 2 fully saturated rings. The monoisotopic (exact) mass is 379 g/mol. The molecule has 6 nitrogen and oxygen atoms in total. The number of aliphatic hydroxyl groups is 2. The minimum Gasteiger partial charge on any atom is -0.388 e. The Kier molecular flexibility index (Phi) is 6.15. The lowest BCUT2D eigenvalue weighted by molar-refractivity contribution is -0.157. The van der Waals surface area contributed by atoms with Crippen molar-refractivity contribution >= 4 is 5.91 Å². The van der Waals surface area contributed by atoms with Crippen molar-refractivity contribution < 1.29 is 19.4 Å². The van der Waals surface area contributed by atoms with E-state index in [-0.39, 0.29) is 18.3 Å². The third-order valence-electron chi connectivity index (χ3n) is 5.78. The van der Waals surface area contributed by atoms with Crippen LogP contribution in [0.2, 0.25) is 0 Å². The SMILES string of the molecule is CN1CCC(O)(CNC[C@]2(O)CCCN(Cc3ccc(F)cc3)C2=O)CC1. The molecule has 0 spiro atoms. The number of carbonyl (C=O) groups is 1. The lowest BCUT2D eigenvalue weighted by Gasteiger charge is -2.40. The Labute approximate surface area is 160 Å². The van der Waals surface area contributed by atoms with Gasteiger partial charge in [-0.1, -0.05) is 12.1 Å². The van der Waals surface area contributed by atoms with Gasteiger partial charge in [-0.15, -0.1) is 0 Å². The highest BCUT2D eigenvalue weighted by Gasteiger charge is 2.42. The number of halogens is 1. The van der Waals surface area contributed by atoms with Crippen molar-refractivity contribution in [3.63, 3.8) is 0 Å². The first-order valence-electron chi connectivity index (χ1n) is 9.68. The third kappa shape index (κ3) is 5.04. The highest BCUT2D eigenvalue weighted by molar-refractivity contribution is 5.86. The maximum atomic E-state index is 13.1. The summed E-state index contributed by atoms with van der Waals surface area (Å²) in [7, 11) is 2.03. The molecular weight excluding hydrogens is 349 g/mol. The van der Waals surface area contributed by atoms with E-state index in [4.69, 9.17) is 0 Å². The Morgan fingerprint density at radius 1 is 1.07 bits per heavy atom. The molecule has 1 aromatic rings. The van der Waals surface area contributed by atoms with Gasteiger partial charge in [0, 0.05) is 39.3 Å². The first-order valence-corrected chi connectivity index (χ1v) is 9.68. The first kappa shape index (κ1) is 20.2. The number of hydrogen-bond donors (Lipinski definition) is 3. The number of nitrogens with one attached hydrogen (secondary N) is 1. The van der Waals surface area contributed by atoms with Crippen LogP contribution in [0, 0.1) is 5.82 Å². The Morgan fingerprint density at radius 3 is 2.41 bits per heavy atom. The summed E-state index contributed by atoms with van der Waals surface area (Å²) in [5, 5.41) is 24.7. The molecule has 0 saturated carbocycles. The number of likely N-dealkylation sites (tertiary alicyclic amines) is 2. The summed E-state index contributed by atoms with van der Waals surface area (Å²) in [5.41, 5.74) is -1.41. The molecular formula is C20H30FN3O3. The van der Waals surface area contributed by atoms with Crippen molar-refractivity contribution in [2.45, 2.75) is 43.4 Å². The van der Waals surface area contributed by atoms with E-state index in [0.29, 0.717) is 45.3 Å². The van der Waals surface area contributed by atoms with Crippen LogP contribution in [0.1, 0.15) is 31.2 Å². The Morgan fingerprint density at radius 2 is 1.74 bits per heavy atom. The molecule has 0 aliphatic carbocycles. The summed E-state index contributed by atoms with van der Waals surface area (Å²) in [4.78, 5) is 16.6. The van der Waals surface area contributed by atoms with Crippen molar-refractivity contribution in [1.29, 1.82) is 0 Å². The number of hydrogen-bond acceptors (Lipinski definition) is 5. The maximum Gasteiger partial charge on any atom is 0.256 e. The van der Waals surface area contributed by atoms with Crippen LogP contribution in [0.3, 0.4) is 0 Å². The molecule has 0 bridgehead atoms. The van der Waals surface area contributed by atoms with Gasteiger partial charge >= 0.3 is 0 Å². The molecule has 0 unspecified atom stereocenters. The molecule has 0 radical (unpaired) electrons. The van der Waals surface area contributed by atoms with Gasteiger partial charge in [0.15, 0.2) is 5.60 Å². The molecule has 2 heterocycles. The van der Waals surface area contributed by atoms with E-state index >= 15 is 0 Å². The summed E-state index contributed by atoms with van der Waals surface area (Å²) < 4.78 is 13.1. The van der Waals surface area contributed by atoms with E-state index in [1.165, 1.54) is 12.1 Å². The highest BCUT2D eigenvalue weighted by Crippen LogP contribution is 2.25. The average molecular weight is 379 g/mol. The summed E-state index contributed by atoms with van der Waals surface area (Å²) >= 11 is 0. The van der Waals surface area contributed by atoms with Crippen LogP contribution < -0.4 is 5.32 Å². The van der Waals surface area contributed by atoms with Gasteiger partial charge in [0.2, 0.25) is 0 Å². The molecule has 1 amide bonds. The van der Waals surface area contributed by atoms with Gasteiger partial charge in [-0.3, -0.25) is 4.79 Å². The van der Waals surface area contributed by atoms with E-state index < -0.39 is 11.2 Å². The molecule has 7 heteroatoms. The number of amides is 1. The van der Waals surface area contributed by atoms with Crippen LogP contribution in [-0.2, 0) is 11.3 Å². The fraction of sp³-hybridized carbons (Fsp3) is 0.650. The van der Waals surface area contributed by atoms with E-state index in [1.807, 2.05) is 7.05 Å². The summed E-state index contributed by atoms with van der Waals surface area (Å²) in [5.74, 6) is -0.614. The average Bonchev–Trinajstić information content (AvgIpc) is 2.64. The van der Waals surface area contributed by atoms with Gasteiger partial charge in [-0.05, 0) is 50.4 Å². The van der Waals surface area contributed by atoms with E-state index in [2.05, 4.69) is 10.2 Å². The molecule has 27 heavy (non-hydrogen) atoms. The fourth-order valence-corrected chi connectivity index (χ4v) is 3.90. The van der Waals surface area contributed by atoms with Gasteiger partial charge in [0.05, 0.1) is 5.60 Å². The summed E-state index contributed by atoms with van der Waals surface area (Å²) in [6, 6.07) is 6.06. The number of nitrogens with zero attached hydrogens (tertiary/aromatic N) is 2. The lowest BCUT2D eigenvalue weighted by Crippen LogP contribution is -2.59. The maximum absolute atomic E-state index is 13.1. The van der Waals surface area contributed by atoms with Gasteiger partial charge < -0.3 is 25.3 Å². The van der Waals surface area contributed by atoms with Crippen molar-refractivity contribution in [3.8, 4) is 0 Å². The largest absolute Gasteiger partial charge is 0.388 e. The first-order chi connectivity index (χ1) is 12.8. The van der Waals surface area contributed by atoms with Crippen molar-refractivity contribution in [2.75, 3.05) is 39.8 Å². The second-order valence-electron chi connectivity index (χ2n) is 8.12. The number of rotatable bonds is 6. The topological polar surface area (TPSA) is 76.0 Å². The van der Waals surface area contributed by atoms with Crippen LogP contribution in [0.5, 0.6) is 0 Å². The molecule has 150 valence electrons. The number of piperidine rings is 2. The zero-order valence-electron chi connectivity index (χ0n) is 16.0. The molecule has 3 rings (SSSR count). The number of carbonyl (C=O) groups excluding carboxylic acids is 1. The van der Waals surface area contributed by atoms with E-state index in [0.717, 1.165) is 18.7 Å². The molecule has 0 aromatic heterocycles. The van der Waals surface area contributed by atoms with Crippen LogP contribution in [0.4, 0.5) is 4.39 Å². The smallest absolute Gasteiger partial charge is 0.256 e. The molecule has 1 atom stereocenters. The van der Waals surface area contributed by atoms with Gasteiger partial charge in [0.1, 0.15) is 5.82 Å². The molecule has 3 N–H and O–H groups in total. The van der Waals surface area contributed by atoms with E-state index in [1.54, 1.807) is 17.0 Å². The predicted octanol–water partition coefficient (Wildman–Crippen LogP) is 0.725. The minimum absolute atomic E-state index is 0.129. The summed E-state index contributed by atoms with van der Waals surface area (Å²) in [6.07, 6.45) is 2.47. The van der Waals surface area contributed by atoms with Gasteiger partial charge in [-0.25, -0.2) is 4.39 Å². The normalized spacial score (nSPS) is 26.4. The minimum atomic E-state index is -1.46. The lowest BCUT2D eigenvalue weighted by atomic mass is 9.89. The number of benzene rings is 1. The van der Waals surface area contributed by atoms with Gasteiger partial charge in [-0.2, -0.15) is 0 Å². The predicted molar refractivity (Wildman–Crippen MR) is 101 cm³/mol. The molecule has 2 aliphatic heterocycles. The van der Waals surface area contributed by atoms with E-state index in [9.17, 15) is 19.4 Å².